The number of pyridine rings is 6. The van der Waals surface area contributed by atoms with Crippen LogP contribution < -0.4 is 0 Å². The summed E-state index contributed by atoms with van der Waals surface area (Å²) in [6, 6.07) is 29.3. The van der Waals surface area contributed by atoms with E-state index in [1.54, 1.807) is 24.8 Å². The van der Waals surface area contributed by atoms with E-state index in [-0.39, 0.29) is 19.5 Å². The van der Waals surface area contributed by atoms with E-state index in [2.05, 4.69) is 42.0 Å². The van der Waals surface area contributed by atoms with E-state index in [1.807, 2.05) is 91.3 Å². The smallest absolute Gasteiger partial charge is 0.0992 e. The molecule has 1 aliphatic carbocycles. The summed E-state index contributed by atoms with van der Waals surface area (Å²) in [6.07, 6.45) is 15.2. The zero-order chi connectivity index (χ0) is 33.0. The Morgan fingerprint density at radius 3 is 1.36 bits per heavy atom. The van der Waals surface area contributed by atoms with Crippen molar-refractivity contribution in [2.24, 2.45) is 0 Å². The number of hydrogen-bond donors (Lipinski definition) is 0. The van der Waals surface area contributed by atoms with E-state index in [9.17, 15) is 0 Å². The molecule has 244 valence electrons. The second-order valence-corrected chi connectivity index (χ2v) is 12.0. The van der Waals surface area contributed by atoms with Gasteiger partial charge in [-0.3, -0.25) is 29.9 Å². The number of hydrogen-bond acceptors (Lipinski definition) is 8. The predicted molar refractivity (Wildman–Crippen MR) is 196 cm³/mol. The maximum Gasteiger partial charge on any atom is 0.0992 e. The average molecular weight is 758 g/mol. The molecule has 0 aliphatic heterocycles. The van der Waals surface area contributed by atoms with Crippen LogP contribution in [0.5, 0.6) is 0 Å². The molecule has 0 saturated heterocycles. The van der Waals surface area contributed by atoms with E-state index < -0.39 is 0 Å². The zero-order valence-corrected chi connectivity index (χ0v) is 29.3. The Morgan fingerprint density at radius 1 is 0.420 bits per heavy atom. The van der Waals surface area contributed by atoms with Crippen LogP contribution in [0.25, 0.3) is 66.0 Å². The molecule has 0 saturated carbocycles. The van der Waals surface area contributed by atoms with E-state index in [0.717, 1.165) is 95.3 Å². The van der Waals surface area contributed by atoms with Crippen LogP contribution in [0.15, 0.2) is 128 Å². The van der Waals surface area contributed by atoms with Crippen LogP contribution in [-0.4, -0.2) is 39.9 Å². The summed E-state index contributed by atoms with van der Waals surface area (Å²) in [5, 5.41) is 4.78. The average Bonchev–Trinajstić information content (AvgIpc) is 3.19. The number of benzene rings is 2. The molecule has 0 unspecified atom stereocenters. The summed E-state index contributed by atoms with van der Waals surface area (Å²) >= 11 is 6.17. The van der Waals surface area contributed by atoms with Crippen LogP contribution >= 0.6 is 11.6 Å². The van der Waals surface area contributed by atoms with Crippen molar-refractivity contribution in [3.63, 3.8) is 0 Å². The van der Waals surface area contributed by atoms with Crippen LogP contribution in [0.4, 0.5) is 0 Å². The quantitative estimate of drug-likeness (QED) is 0.121. The summed E-state index contributed by atoms with van der Waals surface area (Å²) in [7, 11) is 0. The van der Waals surface area contributed by atoms with Gasteiger partial charge >= 0.3 is 0 Å². The first-order valence-corrected chi connectivity index (χ1v) is 16.5. The molecule has 9 aromatic rings. The third kappa shape index (κ3) is 6.62. The van der Waals surface area contributed by atoms with Gasteiger partial charge in [0.15, 0.2) is 0 Å². The maximum absolute atomic E-state index is 6.17. The van der Waals surface area contributed by atoms with Crippen molar-refractivity contribution >= 4 is 66.2 Å². The summed E-state index contributed by atoms with van der Waals surface area (Å²) in [5.74, 6) is 0. The third-order valence-electron chi connectivity index (χ3n) is 8.48. The molecule has 7 heterocycles. The monoisotopic (exact) mass is 758 g/mol. The summed E-state index contributed by atoms with van der Waals surface area (Å²) in [4.78, 5) is 36.0. The molecule has 50 heavy (non-hydrogen) atoms. The van der Waals surface area contributed by atoms with Gasteiger partial charge in [-0.1, -0.05) is 29.8 Å². The third-order valence-corrected chi connectivity index (χ3v) is 8.79. The second kappa shape index (κ2) is 15.0. The normalized spacial score (nSPS) is 12.0. The predicted octanol–water partition coefficient (Wildman–Crippen LogP) is 9.18. The Balaban J connectivity index is 0.000000123. The van der Waals surface area contributed by atoms with Crippen LogP contribution in [0.1, 0.15) is 24.2 Å². The molecule has 0 spiro atoms. The largest absolute Gasteiger partial charge is 0.255 e. The van der Waals surface area contributed by atoms with Crippen molar-refractivity contribution in [1.82, 2.24) is 39.9 Å². The van der Waals surface area contributed by atoms with Crippen molar-refractivity contribution in [1.29, 1.82) is 0 Å². The van der Waals surface area contributed by atoms with Gasteiger partial charge in [-0.2, -0.15) is 0 Å². The number of nitrogens with zero attached hydrogens (tertiary/aromatic N) is 8. The van der Waals surface area contributed by atoms with Gasteiger partial charge in [0, 0.05) is 78.2 Å². The Kier molecular flexibility index (Phi) is 9.97. The number of aryl methyl sites for hydroxylation is 2. The first-order chi connectivity index (χ1) is 24.2. The van der Waals surface area contributed by atoms with E-state index in [0.29, 0.717) is 0 Å². The Bertz CT molecular complexity index is 2470. The molecule has 2 aromatic carbocycles. The molecular formula is C40H29ClN8Ru. The van der Waals surface area contributed by atoms with Gasteiger partial charge in [0.25, 0.3) is 0 Å². The van der Waals surface area contributed by atoms with Gasteiger partial charge in [0.1, 0.15) is 0 Å². The molecule has 7 aromatic heterocycles. The fraction of sp³-hybridized carbons (Fsp3) is 0.100. The van der Waals surface area contributed by atoms with Crippen molar-refractivity contribution in [3.8, 4) is 11.4 Å². The maximum atomic E-state index is 6.17. The molecule has 0 N–H and O–H groups in total. The number of halogens is 1. The molecule has 0 amide bonds. The molecule has 0 fully saturated rings. The van der Waals surface area contributed by atoms with Gasteiger partial charge in [-0.05, 0) is 98.5 Å². The van der Waals surface area contributed by atoms with Crippen LogP contribution in [0, 0.1) is 0 Å². The molecule has 0 bridgehead atoms. The van der Waals surface area contributed by atoms with Crippen molar-refractivity contribution in [2.75, 3.05) is 0 Å². The summed E-state index contributed by atoms with van der Waals surface area (Å²) < 4.78 is 0. The number of rotatable bonds is 1. The fourth-order valence-electron chi connectivity index (χ4n) is 6.20. The minimum absolute atomic E-state index is 0. The van der Waals surface area contributed by atoms with Gasteiger partial charge in [0.05, 0.1) is 60.9 Å². The number of aromatic nitrogens is 8. The Labute approximate surface area is 305 Å². The van der Waals surface area contributed by atoms with E-state index >= 15 is 0 Å². The van der Waals surface area contributed by atoms with Gasteiger partial charge in [-0.15, -0.1) is 0 Å². The fourth-order valence-corrected chi connectivity index (χ4v) is 6.47. The molecule has 1 aliphatic rings. The van der Waals surface area contributed by atoms with Crippen LogP contribution in [0.2, 0.25) is 5.02 Å². The van der Waals surface area contributed by atoms with E-state index in [1.165, 1.54) is 12.8 Å². The van der Waals surface area contributed by atoms with Crippen LogP contribution in [0.3, 0.4) is 0 Å². The Hall–Kier alpha value is -5.37. The van der Waals surface area contributed by atoms with Crippen LogP contribution in [-0.2, 0) is 32.3 Å². The minimum atomic E-state index is 0. The van der Waals surface area contributed by atoms with E-state index in [4.69, 9.17) is 21.6 Å². The molecule has 0 radical (unpaired) electrons. The summed E-state index contributed by atoms with van der Waals surface area (Å²) in [6.45, 7) is 0. The SMILES string of the molecule is Clc1cc2cccnc2c2ncccc12.[Ru].c1ccc(-c2ccccn2)nc1.c1cnc2c(c1)c1nc3c(nc1c1cccnc12)CCCC3. The van der Waals surface area contributed by atoms with Gasteiger partial charge in [-0.25, -0.2) is 9.97 Å². The molecule has 0 atom stereocenters. The van der Waals surface area contributed by atoms with Crippen molar-refractivity contribution < 1.29 is 19.5 Å². The molecule has 10 rings (SSSR count). The first-order valence-electron chi connectivity index (χ1n) is 16.2. The Morgan fingerprint density at radius 2 is 0.860 bits per heavy atom. The second-order valence-electron chi connectivity index (χ2n) is 11.6. The standard InChI is InChI=1S/C18H14N4.C12H7ClN2.C10H8N2.Ru/c1-2-8-14-13(7-1)21-17-11-5-3-9-19-15(11)16-12(18(17)22-14)6-4-10-20-16;13-10-7-8-3-1-5-14-11(8)12-9(10)4-2-6-15-12;1-3-7-11-9(5-1)10-6-2-4-8-12-10;/h3-6,9-10H,1-2,7-8H2;1-7H;1-8H;. The number of fused-ring (bicyclic) bond motifs is 10. The van der Waals surface area contributed by atoms with Gasteiger partial charge < -0.3 is 0 Å². The molecular weight excluding hydrogens is 729 g/mol. The van der Waals surface area contributed by atoms with Gasteiger partial charge in [0.2, 0.25) is 0 Å². The zero-order valence-electron chi connectivity index (χ0n) is 26.8. The topological polar surface area (TPSA) is 103 Å². The van der Waals surface area contributed by atoms with Crippen molar-refractivity contribution in [2.45, 2.75) is 25.7 Å². The first kappa shape index (κ1) is 33.1. The molecule has 10 heteroatoms. The minimum Gasteiger partial charge on any atom is -0.255 e. The molecule has 8 nitrogen and oxygen atoms in total. The van der Waals surface area contributed by atoms with Crippen molar-refractivity contribution in [3.05, 3.63) is 145 Å². The summed E-state index contributed by atoms with van der Waals surface area (Å²) in [5.41, 5.74) is 9.66.